The molecule has 20 heavy (non-hydrogen) atoms. The molecule has 2 unspecified atom stereocenters. The van der Waals surface area contributed by atoms with Gasteiger partial charge in [-0.25, -0.2) is 4.98 Å². The number of hydrogen-bond acceptors (Lipinski definition) is 4. The molecule has 1 aliphatic heterocycles. The molecule has 1 amide bonds. The van der Waals surface area contributed by atoms with Crippen molar-refractivity contribution < 1.29 is 4.79 Å². The van der Waals surface area contributed by atoms with Crippen molar-refractivity contribution in [3.63, 3.8) is 0 Å². The fourth-order valence-corrected chi connectivity index (χ4v) is 3.55. The van der Waals surface area contributed by atoms with E-state index in [4.69, 9.17) is 5.84 Å². The maximum absolute atomic E-state index is 12.5. The minimum absolute atomic E-state index is 0.0533. The molecule has 1 saturated carbocycles. The van der Waals surface area contributed by atoms with Crippen molar-refractivity contribution in [3.8, 4) is 0 Å². The van der Waals surface area contributed by atoms with Gasteiger partial charge in [0.1, 0.15) is 5.69 Å². The number of hydrazine groups is 1. The van der Waals surface area contributed by atoms with E-state index in [2.05, 4.69) is 10.4 Å². The second kappa shape index (κ2) is 5.79. The minimum Gasteiger partial charge on any atom is -0.337 e. The quantitative estimate of drug-likeness (QED) is 0.639. The number of nitrogens with two attached hydrogens (primary N) is 1. The number of likely N-dealkylation sites (tertiary alicyclic amines) is 1. The average Bonchev–Trinajstić information content (AvgIpc) is 2.54. The van der Waals surface area contributed by atoms with Crippen LogP contribution in [0.5, 0.6) is 0 Å². The highest BCUT2D eigenvalue weighted by molar-refractivity contribution is 5.92. The Kier molecular flexibility index (Phi) is 3.87. The van der Waals surface area contributed by atoms with E-state index in [1.54, 1.807) is 18.3 Å². The summed E-state index contributed by atoms with van der Waals surface area (Å²) in [6.45, 7) is 1.78. The number of amides is 1. The van der Waals surface area contributed by atoms with E-state index >= 15 is 0 Å². The lowest BCUT2D eigenvalue weighted by Crippen LogP contribution is -2.45. The van der Waals surface area contributed by atoms with Crippen LogP contribution < -0.4 is 11.3 Å². The summed E-state index contributed by atoms with van der Waals surface area (Å²) in [6, 6.07) is 3.53. The third-order valence-electron chi connectivity index (χ3n) is 4.73. The standard InChI is InChI=1S/C15H22N4O/c16-18-13-5-6-14(17-9-13)15(20)19-8-7-11-3-1-2-4-12(11)10-19/h5-6,9,11-12,18H,1-4,7-8,10,16H2. The molecule has 2 aliphatic rings. The number of anilines is 1. The van der Waals surface area contributed by atoms with E-state index in [1.807, 2.05) is 4.90 Å². The fraction of sp³-hybridized carbons (Fsp3) is 0.600. The van der Waals surface area contributed by atoms with Gasteiger partial charge in [0, 0.05) is 13.1 Å². The Morgan fingerprint density at radius 3 is 2.75 bits per heavy atom. The van der Waals surface area contributed by atoms with E-state index in [0.29, 0.717) is 17.3 Å². The van der Waals surface area contributed by atoms with Crippen LogP contribution in [0, 0.1) is 11.8 Å². The third kappa shape index (κ3) is 2.63. The SMILES string of the molecule is NNc1ccc(C(=O)N2CCC3CCCCC3C2)nc1. The van der Waals surface area contributed by atoms with E-state index in [0.717, 1.165) is 25.4 Å². The zero-order valence-electron chi connectivity index (χ0n) is 11.7. The molecule has 0 spiro atoms. The first kappa shape index (κ1) is 13.4. The topological polar surface area (TPSA) is 71.2 Å². The molecule has 2 fully saturated rings. The number of carbonyl (C=O) groups excluding carboxylic acids is 1. The molecule has 1 aromatic heterocycles. The van der Waals surface area contributed by atoms with Gasteiger partial charge in [-0.1, -0.05) is 19.3 Å². The van der Waals surface area contributed by atoms with Crippen LogP contribution in [0.25, 0.3) is 0 Å². The number of hydrogen-bond donors (Lipinski definition) is 2. The Hall–Kier alpha value is -1.62. The van der Waals surface area contributed by atoms with Crippen molar-refractivity contribution in [2.45, 2.75) is 32.1 Å². The van der Waals surface area contributed by atoms with E-state index in [-0.39, 0.29) is 5.91 Å². The van der Waals surface area contributed by atoms with Gasteiger partial charge in [-0.05, 0) is 36.8 Å². The maximum Gasteiger partial charge on any atom is 0.272 e. The molecule has 1 aliphatic carbocycles. The molecular weight excluding hydrogens is 252 g/mol. The number of piperidine rings is 1. The number of fused-ring (bicyclic) bond motifs is 1. The molecule has 0 bridgehead atoms. The van der Waals surface area contributed by atoms with Crippen LogP contribution in [0.15, 0.2) is 18.3 Å². The minimum atomic E-state index is 0.0533. The number of nitrogens with zero attached hydrogens (tertiary/aromatic N) is 2. The van der Waals surface area contributed by atoms with Gasteiger partial charge in [0.05, 0.1) is 11.9 Å². The zero-order chi connectivity index (χ0) is 13.9. The molecule has 2 atom stereocenters. The number of carbonyl (C=O) groups is 1. The Morgan fingerprint density at radius 1 is 1.25 bits per heavy atom. The first-order chi connectivity index (χ1) is 9.78. The van der Waals surface area contributed by atoms with E-state index in [1.165, 1.54) is 25.7 Å². The van der Waals surface area contributed by atoms with Crippen LogP contribution in [0.4, 0.5) is 5.69 Å². The predicted octanol–water partition coefficient (Wildman–Crippen LogP) is 2.02. The Morgan fingerprint density at radius 2 is 2.05 bits per heavy atom. The van der Waals surface area contributed by atoms with Gasteiger partial charge in [0.2, 0.25) is 0 Å². The lowest BCUT2D eigenvalue weighted by atomic mass is 9.75. The highest BCUT2D eigenvalue weighted by Crippen LogP contribution is 2.36. The molecule has 3 N–H and O–H groups in total. The Labute approximate surface area is 119 Å². The lowest BCUT2D eigenvalue weighted by Gasteiger charge is -2.41. The lowest BCUT2D eigenvalue weighted by molar-refractivity contribution is 0.0515. The van der Waals surface area contributed by atoms with Crippen LogP contribution in [-0.4, -0.2) is 28.9 Å². The first-order valence-electron chi connectivity index (χ1n) is 7.50. The fourth-order valence-electron chi connectivity index (χ4n) is 3.55. The second-order valence-electron chi connectivity index (χ2n) is 5.92. The maximum atomic E-state index is 12.5. The molecule has 5 nitrogen and oxygen atoms in total. The van der Waals surface area contributed by atoms with Gasteiger partial charge in [-0.15, -0.1) is 0 Å². The van der Waals surface area contributed by atoms with Crippen LogP contribution in [-0.2, 0) is 0 Å². The molecule has 1 saturated heterocycles. The van der Waals surface area contributed by atoms with Crippen molar-refractivity contribution in [1.29, 1.82) is 0 Å². The monoisotopic (exact) mass is 274 g/mol. The molecular formula is C15H22N4O. The summed E-state index contributed by atoms with van der Waals surface area (Å²) in [5, 5.41) is 0. The van der Waals surface area contributed by atoms with Gasteiger partial charge >= 0.3 is 0 Å². The van der Waals surface area contributed by atoms with Crippen LogP contribution in [0.3, 0.4) is 0 Å². The zero-order valence-corrected chi connectivity index (χ0v) is 11.7. The Bertz CT molecular complexity index is 473. The molecule has 5 heteroatoms. The first-order valence-corrected chi connectivity index (χ1v) is 7.50. The van der Waals surface area contributed by atoms with Crippen LogP contribution in [0.2, 0.25) is 0 Å². The van der Waals surface area contributed by atoms with Crippen LogP contribution in [0.1, 0.15) is 42.6 Å². The Balaban J connectivity index is 1.67. The van der Waals surface area contributed by atoms with E-state index < -0.39 is 0 Å². The third-order valence-corrected chi connectivity index (χ3v) is 4.73. The summed E-state index contributed by atoms with van der Waals surface area (Å²) in [5.74, 6) is 6.90. The predicted molar refractivity (Wildman–Crippen MR) is 78.0 cm³/mol. The summed E-state index contributed by atoms with van der Waals surface area (Å²) < 4.78 is 0. The van der Waals surface area contributed by atoms with Gasteiger partial charge in [0.15, 0.2) is 0 Å². The molecule has 3 rings (SSSR count). The summed E-state index contributed by atoms with van der Waals surface area (Å²) in [7, 11) is 0. The van der Waals surface area contributed by atoms with Crippen molar-refractivity contribution in [2.24, 2.45) is 17.7 Å². The van der Waals surface area contributed by atoms with E-state index in [9.17, 15) is 4.79 Å². The number of pyridine rings is 1. The normalized spacial score (nSPS) is 25.9. The largest absolute Gasteiger partial charge is 0.337 e. The van der Waals surface area contributed by atoms with Gasteiger partial charge in [-0.3, -0.25) is 10.6 Å². The van der Waals surface area contributed by atoms with Gasteiger partial charge < -0.3 is 10.3 Å². The summed E-state index contributed by atoms with van der Waals surface area (Å²) in [4.78, 5) is 18.7. The van der Waals surface area contributed by atoms with Gasteiger partial charge in [-0.2, -0.15) is 0 Å². The summed E-state index contributed by atoms with van der Waals surface area (Å²) in [5.41, 5.74) is 3.75. The smallest absolute Gasteiger partial charge is 0.272 e. The van der Waals surface area contributed by atoms with Crippen molar-refractivity contribution >= 4 is 11.6 Å². The number of nitrogen functional groups attached to an aromatic ring is 1. The highest BCUT2D eigenvalue weighted by atomic mass is 16.2. The van der Waals surface area contributed by atoms with Crippen molar-refractivity contribution in [3.05, 3.63) is 24.0 Å². The second-order valence-corrected chi connectivity index (χ2v) is 5.92. The average molecular weight is 274 g/mol. The number of aromatic nitrogens is 1. The number of rotatable bonds is 2. The molecule has 108 valence electrons. The molecule has 0 aromatic carbocycles. The number of nitrogens with one attached hydrogen (secondary N) is 1. The summed E-state index contributed by atoms with van der Waals surface area (Å²) >= 11 is 0. The van der Waals surface area contributed by atoms with Gasteiger partial charge in [0.25, 0.3) is 5.91 Å². The molecule has 1 aromatic rings. The highest BCUT2D eigenvalue weighted by Gasteiger charge is 2.33. The molecule has 2 heterocycles. The van der Waals surface area contributed by atoms with Crippen molar-refractivity contribution in [1.82, 2.24) is 9.88 Å². The summed E-state index contributed by atoms with van der Waals surface area (Å²) in [6.07, 6.45) is 8.06. The van der Waals surface area contributed by atoms with Crippen molar-refractivity contribution in [2.75, 3.05) is 18.5 Å². The molecule has 0 radical (unpaired) electrons. The van der Waals surface area contributed by atoms with Crippen LogP contribution >= 0.6 is 0 Å².